The largest absolute Gasteiger partial charge is 0.325 e. The van der Waals surface area contributed by atoms with E-state index in [1.165, 1.54) is 0 Å². The molecule has 0 saturated heterocycles. The molecule has 1 amide bonds. The molecule has 0 radical (unpaired) electrons. The number of likely N-dealkylation sites (N-methyl/N-ethyl adjacent to an activating group) is 1. The topological polar surface area (TPSA) is 41.1 Å². The van der Waals surface area contributed by atoms with Crippen LogP contribution in [0.15, 0.2) is 60.7 Å². The van der Waals surface area contributed by atoms with Gasteiger partial charge in [-0.2, -0.15) is 0 Å². The van der Waals surface area contributed by atoms with Gasteiger partial charge >= 0.3 is 0 Å². The van der Waals surface area contributed by atoms with E-state index in [0.717, 1.165) is 17.8 Å². The van der Waals surface area contributed by atoms with Gasteiger partial charge in [0.15, 0.2) is 0 Å². The average molecular weight is 268 g/mol. The normalized spacial score (nSPS) is 11.8. The van der Waals surface area contributed by atoms with E-state index in [0.29, 0.717) is 6.42 Å². The monoisotopic (exact) mass is 268 g/mol. The van der Waals surface area contributed by atoms with E-state index in [2.05, 4.69) is 10.6 Å². The second-order valence-electron chi connectivity index (χ2n) is 4.66. The van der Waals surface area contributed by atoms with Crippen molar-refractivity contribution in [2.24, 2.45) is 0 Å². The predicted octanol–water partition coefficient (Wildman–Crippen LogP) is 2.85. The molecule has 0 aromatic heterocycles. The van der Waals surface area contributed by atoms with E-state index >= 15 is 0 Å². The predicted molar refractivity (Wildman–Crippen MR) is 82.7 cm³/mol. The minimum absolute atomic E-state index is 0.00176. The fourth-order valence-electron chi connectivity index (χ4n) is 2.10. The molecule has 0 saturated carbocycles. The van der Waals surface area contributed by atoms with Gasteiger partial charge in [0.2, 0.25) is 5.91 Å². The summed E-state index contributed by atoms with van der Waals surface area (Å²) in [6.45, 7) is 2.77. The number of para-hydroxylation sites is 1. The van der Waals surface area contributed by atoms with Gasteiger partial charge in [-0.1, -0.05) is 55.5 Å². The summed E-state index contributed by atoms with van der Waals surface area (Å²) in [5.74, 6) is 0.00176. The Morgan fingerprint density at radius 2 is 1.60 bits per heavy atom. The summed E-state index contributed by atoms with van der Waals surface area (Å²) in [6, 6.07) is 19.4. The average Bonchev–Trinajstić information content (AvgIpc) is 2.49. The van der Waals surface area contributed by atoms with Crippen LogP contribution >= 0.6 is 0 Å². The maximum atomic E-state index is 12.3. The van der Waals surface area contributed by atoms with Crippen molar-refractivity contribution in [3.63, 3.8) is 0 Å². The van der Waals surface area contributed by atoms with Gasteiger partial charge in [0, 0.05) is 5.69 Å². The number of nitrogens with one attached hydrogen (secondary N) is 2. The lowest BCUT2D eigenvalue weighted by molar-refractivity contribution is -0.118. The molecule has 0 bridgehead atoms. The van der Waals surface area contributed by atoms with E-state index in [1.807, 2.05) is 67.6 Å². The summed E-state index contributed by atoms with van der Waals surface area (Å²) in [4.78, 5) is 12.3. The zero-order valence-electron chi connectivity index (χ0n) is 11.7. The lowest BCUT2D eigenvalue weighted by Gasteiger charge is -2.17. The van der Waals surface area contributed by atoms with Crippen molar-refractivity contribution < 1.29 is 4.79 Å². The van der Waals surface area contributed by atoms with Crippen LogP contribution in [-0.4, -0.2) is 18.5 Å². The second-order valence-corrected chi connectivity index (χ2v) is 4.66. The fraction of sp³-hybridized carbons (Fsp3) is 0.235. The quantitative estimate of drug-likeness (QED) is 0.846. The number of anilines is 1. The van der Waals surface area contributed by atoms with Crippen LogP contribution in [0.2, 0.25) is 0 Å². The molecule has 0 aliphatic heterocycles. The Hall–Kier alpha value is -2.13. The van der Waals surface area contributed by atoms with E-state index in [4.69, 9.17) is 0 Å². The van der Waals surface area contributed by atoms with Gasteiger partial charge in [0.1, 0.15) is 0 Å². The van der Waals surface area contributed by atoms with Crippen molar-refractivity contribution in [1.29, 1.82) is 0 Å². The standard InChI is InChI=1S/C17H20N2O/c1-2-18-16(13-14-9-5-3-6-10-14)17(20)19-15-11-7-4-8-12-15/h3-12,16,18H,2,13H2,1H3,(H,19,20). The summed E-state index contributed by atoms with van der Waals surface area (Å²) < 4.78 is 0. The number of benzene rings is 2. The van der Waals surface area contributed by atoms with Crippen molar-refractivity contribution in [1.82, 2.24) is 5.32 Å². The Balaban J connectivity index is 2.02. The number of amides is 1. The zero-order valence-corrected chi connectivity index (χ0v) is 11.7. The number of hydrogen-bond donors (Lipinski definition) is 2. The van der Waals surface area contributed by atoms with Crippen LogP contribution in [0.3, 0.4) is 0 Å². The van der Waals surface area contributed by atoms with E-state index in [1.54, 1.807) is 0 Å². The molecule has 3 nitrogen and oxygen atoms in total. The highest BCUT2D eigenvalue weighted by molar-refractivity contribution is 5.95. The maximum absolute atomic E-state index is 12.3. The van der Waals surface area contributed by atoms with Gasteiger partial charge in [0.05, 0.1) is 6.04 Å². The Bertz CT molecular complexity index is 525. The van der Waals surface area contributed by atoms with Gasteiger partial charge in [0.25, 0.3) is 0 Å². The Morgan fingerprint density at radius 3 is 2.20 bits per heavy atom. The van der Waals surface area contributed by atoms with Crippen LogP contribution in [0.5, 0.6) is 0 Å². The van der Waals surface area contributed by atoms with E-state index < -0.39 is 0 Å². The summed E-state index contributed by atoms with van der Waals surface area (Å²) in [6.07, 6.45) is 0.688. The highest BCUT2D eigenvalue weighted by Crippen LogP contribution is 2.08. The van der Waals surface area contributed by atoms with Crippen molar-refractivity contribution >= 4 is 11.6 Å². The molecule has 0 aliphatic carbocycles. The molecular formula is C17H20N2O. The van der Waals surface area contributed by atoms with E-state index in [-0.39, 0.29) is 11.9 Å². The Morgan fingerprint density at radius 1 is 1.00 bits per heavy atom. The molecule has 3 heteroatoms. The van der Waals surface area contributed by atoms with Crippen LogP contribution in [0, 0.1) is 0 Å². The molecule has 104 valence electrons. The van der Waals surface area contributed by atoms with Crippen LogP contribution in [0.4, 0.5) is 5.69 Å². The Kier molecular flexibility index (Phi) is 5.33. The third-order valence-corrected chi connectivity index (χ3v) is 3.09. The van der Waals surface area contributed by atoms with Crippen molar-refractivity contribution in [3.05, 3.63) is 66.2 Å². The first-order valence-electron chi connectivity index (χ1n) is 6.93. The summed E-state index contributed by atoms with van der Waals surface area (Å²) in [5, 5.41) is 6.18. The SMILES string of the molecule is CCNC(Cc1ccccc1)C(=O)Nc1ccccc1. The maximum Gasteiger partial charge on any atom is 0.241 e. The molecule has 2 aromatic carbocycles. The first-order valence-corrected chi connectivity index (χ1v) is 6.93. The number of rotatable bonds is 6. The number of carbonyl (C=O) groups is 1. The fourth-order valence-corrected chi connectivity index (χ4v) is 2.10. The Labute approximate surface area is 120 Å². The van der Waals surface area contributed by atoms with Crippen molar-refractivity contribution in [2.45, 2.75) is 19.4 Å². The minimum atomic E-state index is -0.220. The van der Waals surface area contributed by atoms with Gasteiger partial charge in [-0.3, -0.25) is 4.79 Å². The van der Waals surface area contributed by atoms with Gasteiger partial charge in [-0.05, 0) is 30.7 Å². The highest BCUT2D eigenvalue weighted by Gasteiger charge is 2.17. The first-order chi connectivity index (χ1) is 9.79. The summed E-state index contributed by atoms with van der Waals surface area (Å²) in [5.41, 5.74) is 1.98. The molecule has 2 aromatic rings. The van der Waals surface area contributed by atoms with Crippen LogP contribution < -0.4 is 10.6 Å². The second kappa shape index (κ2) is 7.46. The number of hydrogen-bond acceptors (Lipinski definition) is 2. The lowest BCUT2D eigenvalue weighted by atomic mass is 10.1. The molecule has 1 atom stereocenters. The van der Waals surface area contributed by atoms with Gasteiger partial charge < -0.3 is 10.6 Å². The molecule has 1 unspecified atom stereocenters. The van der Waals surface area contributed by atoms with Crippen molar-refractivity contribution in [3.8, 4) is 0 Å². The van der Waals surface area contributed by atoms with Crippen LogP contribution in [0.25, 0.3) is 0 Å². The van der Waals surface area contributed by atoms with E-state index in [9.17, 15) is 4.79 Å². The number of carbonyl (C=O) groups excluding carboxylic acids is 1. The molecule has 0 heterocycles. The first kappa shape index (κ1) is 14.3. The lowest BCUT2D eigenvalue weighted by Crippen LogP contribution is -2.42. The third-order valence-electron chi connectivity index (χ3n) is 3.09. The third kappa shape index (κ3) is 4.21. The minimum Gasteiger partial charge on any atom is -0.325 e. The smallest absolute Gasteiger partial charge is 0.241 e. The van der Waals surface area contributed by atoms with Crippen LogP contribution in [0.1, 0.15) is 12.5 Å². The summed E-state index contributed by atoms with van der Waals surface area (Å²) >= 11 is 0. The van der Waals surface area contributed by atoms with Crippen LogP contribution in [-0.2, 0) is 11.2 Å². The highest BCUT2D eigenvalue weighted by atomic mass is 16.2. The molecule has 2 rings (SSSR count). The van der Waals surface area contributed by atoms with Gasteiger partial charge in [-0.25, -0.2) is 0 Å². The van der Waals surface area contributed by atoms with Gasteiger partial charge in [-0.15, -0.1) is 0 Å². The molecule has 0 spiro atoms. The molecular weight excluding hydrogens is 248 g/mol. The van der Waals surface area contributed by atoms with Crippen molar-refractivity contribution in [2.75, 3.05) is 11.9 Å². The molecule has 2 N–H and O–H groups in total. The zero-order chi connectivity index (χ0) is 14.2. The molecule has 0 aliphatic rings. The molecule has 20 heavy (non-hydrogen) atoms. The summed E-state index contributed by atoms with van der Waals surface area (Å²) in [7, 11) is 0. The molecule has 0 fully saturated rings.